The molecule has 0 unspecified atom stereocenters. The van der Waals surface area contributed by atoms with Crippen molar-refractivity contribution in [2.24, 2.45) is 0 Å². The lowest BCUT2D eigenvalue weighted by Crippen LogP contribution is -2.34. The fourth-order valence-corrected chi connectivity index (χ4v) is 3.93. The van der Waals surface area contributed by atoms with E-state index in [0.29, 0.717) is 5.13 Å². The molecule has 1 aliphatic rings. The second-order valence-corrected chi connectivity index (χ2v) is 7.18. The summed E-state index contributed by atoms with van der Waals surface area (Å²) in [4.78, 5) is 15.8. The molecule has 0 amide bonds. The molecule has 0 aliphatic heterocycles. The SMILES string of the molecule is CN(CCC(=O)O)S(=O)(=O)Nc1nc2c(s1)CCC2. The highest BCUT2D eigenvalue weighted by molar-refractivity contribution is 7.90. The van der Waals surface area contributed by atoms with Gasteiger partial charge in [0.15, 0.2) is 5.13 Å². The Kier molecular flexibility index (Phi) is 4.07. The van der Waals surface area contributed by atoms with Crippen molar-refractivity contribution in [3.63, 3.8) is 0 Å². The number of carboxylic acid groups (broad SMARTS) is 1. The average molecular weight is 305 g/mol. The number of carboxylic acids is 1. The molecule has 0 spiro atoms. The van der Waals surface area contributed by atoms with Gasteiger partial charge in [0, 0.05) is 18.5 Å². The summed E-state index contributed by atoms with van der Waals surface area (Å²) in [6.45, 7) is -0.0737. The van der Waals surface area contributed by atoms with Crippen LogP contribution in [0.15, 0.2) is 0 Å². The summed E-state index contributed by atoms with van der Waals surface area (Å²) in [7, 11) is -2.39. The number of aromatic nitrogens is 1. The molecule has 0 radical (unpaired) electrons. The molecule has 0 saturated carbocycles. The largest absolute Gasteiger partial charge is 0.481 e. The van der Waals surface area contributed by atoms with Crippen LogP contribution < -0.4 is 4.72 Å². The third kappa shape index (κ3) is 3.43. The number of nitrogens with one attached hydrogen (secondary N) is 1. The molecule has 1 aromatic rings. The van der Waals surface area contributed by atoms with Crippen LogP contribution in [0, 0.1) is 0 Å². The lowest BCUT2D eigenvalue weighted by Gasteiger charge is -2.15. The number of nitrogens with zero attached hydrogens (tertiary/aromatic N) is 2. The molecule has 1 aliphatic carbocycles. The molecule has 7 nitrogen and oxygen atoms in total. The number of thiazole rings is 1. The van der Waals surface area contributed by atoms with E-state index >= 15 is 0 Å². The number of rotatable bonds is 6. The lowest BCUT2D eigenvalue weighted by molar-refractivity contribution is -0.137. The van der Waals surface area contributed by atoms with Gasteiger partial charge >= 0.3 is 16.2 Å². The zero-order chi connectivity index (χ0) is 14.0. The monoisotopic (exact) mass is 305 g/mol. The second kappa shape index (κ2) is 5.43. The smallest absolute Gasteiger partial charge is 0.304 e. The van der Waals surface area contributed by atoms with Crippen molar-refractivity contribution in [2.45, 2.75) is 25.7 Å². The number of aliphatic carboxylic acids is 1. The van der Waals surface area contributed by atoms with Gasteiger partial charge in [-0.15, -0.1) is 11.3 Å². The molecular weight excluding hydrogens is 290 g/mol. The number of anilines is 1. The van der Waals surface area contributed by atoms with Crippen LogP contribution in [-0.4, -0.2) is 42.4 Å². The van der Waals surface area contributed by atoms with Crippen molar-refractivity contribution in [3.8, 4) is 0 Å². The minimum Gasteiger partial charge on any atom is -0.481 e. The van der Waals surface area contributed by atoms with Gasteiger partial charge in [0.1, 0.15) is 0 Å². The lowest BCUT2D eigenvalue weighted by atomic mass is 10.4. The van der Waals surface area contributed by atoms with Gasteiger partial charge in [-0.25, -0.2) is 9.71 Å². The molecule has 1 aromatic heterocycles. The number of aryl methyl sites for hydroxylation is 2. The van der Waals surface area contributed by atoms with Crippen molar-refractivity contribution in [2.75, 3.05) is 18.3 Å². The third-order valence-corrected chi connectivity index (χ3v) is 5.52. The fourth-order valence-electron chi connectivity index (χ4n) is 1.80. The summed E-state index contributed by atoms with van der Waals surface area (Å²) >= 11 is 1.35. The first kappa shape index (κ1) is 14.2. The Labute approximate surface area is 115 Å². The normalized spacial score (nSPS) is 14.6. The standard InChI is InChI=1S/C10H15N3O4S2/c1-13(6-5-9(14)15)19(16,17)12-10-11-7-3-2-4-8(7)18-10/h2-6H2,1H3,(H,11,12)(H,14,15). The third-order valence-electron chi connectivity index (χ3n) is 2.86. The Morgan fingerprint density at radius 2 is 2.26 bits per heavy atom. The van der Waals surface area contributed by atoms with Crippen molar-refractivity contribution in [1.29, 1.82) is 0 Å². The zero-order valence-electron chi connectivity index (χ0n) is 10.4. The van der Waals surface area contributed by atoms with Crippen molar-refractivity contribution < 1.29 is 18.3 Å². The molecular formula is C10H15N3O4S2. The first-order valence-corrected chi connectivity index (χ1v) is 8.08. The van der Waals surface area contributed by atoms with E-state index in [1.807, 2.05) is 0 Å². The van der Waals surface area contributed by atoms with Crippen LogP contribution >= 0.6 is 11.3 Å². The Bertz CT molecular complexity index is 560. The summed E-state index contributed by atoms with van der Waals surface area (Å²) < 4.78 is 27.2. The molecule has 9 heteroatoms. The van der Waals surface area contributed by atoms with Crippen molar-refractivity contribution in [1.82, 2.24) is 9.29 Å². The van der Waals surface area contributed by atoms with Gasteiger partial charge in [0.25, 0.3) is 0 Å². The van der Waals surface area contributed by atoms with Crippen molar-refractivity contribution >= 4 is 32.6 Å². The number of fused-ring (bicyclic) bond motifs is 1. The Hall–Kier alpha value is -1.19. The summed E-state index contributed by atoms with van der Waals surface area (Å²) in [5, 5.41) is 8.90. The van der Waals surface area contributed by atoms with Gasteiger partial charge in [-0.2, -0.15) is 12.7 Å². The van der Waals surface area contributed by atoms with Gasteiger partial charge in [0.2, 0.25) is 0 Å². The Balaban J connectivity index is 2.01. The van der Waals surface area contributed by atoms with E-state index in [-0.39, 0.29) is 13.0 Å². The molecule has 0 atom stereocenters. The van der Waals surface area contributed by atoms with Gasteiger partial charge in [-0.05, 0) is 19.3 Å². The van der Waals surface area contributed by atoms with Crippen LogP contribution in [0.2, 0.25) is 0 Å². The van der Waals surface area contributed by atoms with E-state index in [4.69, 9.17) is 5.11 Å². The Morgan fingerprint density at radius 1 is 1.53 bits per heavy atom. The molecule has 106 valence electrons. The van der Waals surface area contributed by atoms with Gasteiger partial charge in [-0.1, -0.05) is 0 Å². The highest BCUT2D eigenvalue weighted by Gasteiger charge is 2.22. The molecule has 19 heavy (non-hydrogen) atoms. The topological polar surface area (TPSA) is 99.6 Å². The van der Waals surface area contributed by atoms with E-state index in [1.165, 1.54) is 18.4 Å². The zero-order valence-corrected chi connectivity index (χ0v) is 12.1. The quantitative estimate of drug-likeness (QED) is 0.805. The van der Waals surface area contributed by atoms with Crippen LogP contribution in [0.5, 0.6) is 0 Å². The van der Waals surface area contributed by atoms with Crippen LogP contribution in [0.25, 0.3) is 0 Å². The average Bonchev–Trinajstić information content (AvgIpc) is 2.85. The first-order chi connectivity index (χ1) is 8.88. The summed E-state index contributed by atoms with van der Waals surface area (Å²) in [6.07, 6.45) is 2.68. The summed E-state index contributed by atoms with van der Waals surface area (Å²) in [5.74, 6) is -1.03. The molecule has 0 fully saturated rings. The molecule has 0 bridgehead atoms. The highest BCUT2D eigenvalue weighted by Crippen LogP contribution is 2.30. The van der Waals surface area contributed by atoms with Gasteiger partial charge in [-0.3, -0.25) is 4.79 Å². The van der Waals surface area contributed by atoms with Crippen LogP contribution in [0.1, 0.15) is 23.4 Å². The fraction of sp³-hybridized carbons (Fsp3) is 0.600. The number of hydrogen-bond donors (Lipinski definition) is 2. The van der Waals surface area contributed by atoms with E-state index in [9.17, 15) is 13.2 Å². The Morgan fingerprint density at radius 3 is 2.89 bits per heavy atom. The minimum atomic E-state index is -3.73. The molecule has 0 aromatic carbocycles. The van der Waals surface area contributed by atoms with E-state index < -0.39 is 16.2 Å². The first-order valence-electron chi connectivity index (χ1n) is 5.83. The maximum atomic E-state index is 11.9. The molecule has 1 heterocycles. The maximum Gasteiger partial charge on any atom is 0.304 e. The van der Waals surface area contributed by atoms with Crippen LogP contribution in [0.3, 0.4) is 0 Å². The maximum absolute atomic E-state index is 11.9. The second-order valence-electron chi connectivity index (χ2n) is 4.31. The van der Waals surface area contributed by atoms with Crippen molar-refractivity contribution in [3.05, 3.63) is 10.6 Å². The van der Waals surface area contributed by atoms with Gasteiger partial charge in [0.05, 0.1) is 12.1 Å². The number of hydrogen-bond acceptors (Lipinski definition) is 5. The van der Waals surface area contributed by atoms with Crippen LogP contribution in [0.4, 0.5) is 5.13 Å². The minimum absolute atomic E-state index is 0.0737. The predicted octanol–water partition coefficient (Wildman–Crippen LogP) is 0.695. The molecule has 0 saturated heterocycles. The highest BCUT2D eigenvalue weighted by atomic mass is 32.2. The van der Waals surface area contributed by atoms with E-state index in [0.717, 1.165) is 34.1 Å². The molecule has 2 rings (SSSR count). The molecule has 2 N–H and O–H groups in total. The van der Waals surface area contributed by atoms with Gasteiger partial charge < -0.3 is 5.11 Å². The number of carbonyl (C=O) groups is 1. The predicted molar refractivity (Wildman–Crippen MR) is 71.6 cm³/mol. The summed E-state index contributed by atoms with van der Waals surface area (Å²) in [6, 6.07) is 0. The van der Waals surface area contributed by atoms with Crippen LogP contribution in [-0.2, 0) is 27.8 Å². The van der Waals surface area contributed by atoms with E-state index in [1.54, 1.807) is 0 Å². The van der Waals surface area contributed by atoms with E-state index in [2.05, 4.69) is 9.71 Å². The summed E-state index contributed by atoms with van der Waals surface area (Å²) in [5.41, 5.74) is 0.968.